The Balaban J connectivity index is 1.78. The van der Waals surface area contributed by atoms with Crippen molar-refractivity contribution in [3.05, 3.63) is 0 Å². The molecule has 4 atom stereocenters. The standard InChI is InChI=1S/C24H44BN3O4/c1-16(29)26-24(20(30)27-21(2,3)4)13-17-14-28(9)15-18(17)19(24)11-10-12-25-31-22(5,6)23(7,8)32-25/h17-19H,10-15H2,1-9H3,(H,26,29)(H,27,30)/t17-,18+,19-,24-/m0/s1. The number of rotatable bonds is 6. The summed E-state index contributed by atoms with van der Waals surface area (Å²) >= 11 is 0. The van der Waals surface area contributed by atoms with E-state index in [2.05, 4.69) is 50.3 Å². The lowest BCUT2D eigenvalue weighted by atomic mass is 9.74. The summed E-state index contributed by atoms with van der Waals surface area (Å²) in [6.45, 7) is 17.7. The minimum atomic E-state index is -0.856. The van der Waals surface area contributed by atoms with Crippen molar-refractivity contribution >= 4 is 18.9 Å². The molecule has 0 bridgehead atoms. The maximum absolute atomic E-state index is 13.6. The molecule has 2 heterocycles. The molecule has 182 valence electrons. The smallest absolute Gasteiger partial charge is 0.403 e. The van der Waals surface area contributed by atoms with Gasteiger partial charge in [0.1, 0.15) is 5.54 Å². The second-order valence-corrected chi connectivity index (χ2v) is 12.4. The molecule has 32 heavy (non-hydrogen) atoms. The first-order chi connectivity index (χ1) is 14.6. The molecule has 0 unspecified atom stereocenters. The van der Waals surface area contributed by atoms with Crippen LogP contribution in [-0.2, 0) is 18.9 Å². The van der Waals surface area contributed by atoms with E-state index in [-0.39, 0.29) is 41.6 Å². The molecule has 2 saturated heterocycles. The van der Waals surface area contributed by atoms with Gasteiger partial charge in [-0.2, -0.15) is 0 Å². The van der Waals surface area contributed by atoms with Gasteiger partial charge >= 0.3 is 7.12 Å². The van der Waals surface area contributed by atoms with Crippen molar-refractivity contribution in [3.63, 3.8) is 0 Å². The molecule has 7 nitrogen and oxygen atoms in total. The third-order valence-electron chi connectivity index (χ3n) is 7.96. The normalized spacial score (nSPS) is 33.9. The van der Waals surface area contributed by atoms with Crippen LogP contribution in [0.5, 0.6) is 0 Å². The van der Waals surface area contributed by atoms with E-state index < -0.39 is 5.54 Å². The molecule has 1 aliphatic carbocycles. The Hall–Kier alpha value is -1.12. The fourth-order valence-electron chi connectivity index (χ4n) is 6.00. The largest absolute Gasteiger partial charge is 0.457 e. The molecular formula is C24H44BN3O4. The fourth-order valence-corrected chi connectivity index (χ4v) is 6.00. The molecule has 2 amide bonds. The lowest BCUT2D eigenvalue weighted by Gasteiger charge is -2.39. The Morgan fingerprint density at radius 3 is 2.22 bits per heavy atom. The van der Waals surface area contributed by atoms with E-state index in [0.29, 0.717) is 18.3 Å². The Morgan fingerprint density at radius 2 is 1.69 bits per heavy atom. The number of fused-ring (bicyclic) bond motifs is 1. The first kappa shape index (κ1) is 25.5. The molecule has 0 aromatic heterocycles. The van der Waals surface area contributed by atoms with Gasteiger partial charge in [-0.1, -0.05) is 6.42 Å². The van der Waals surface area contributed by atoms with E-state index in [1.54, 1.807) is 0 Å². The molecular weight excluding hydrogens is 405 g/mol. The molecule has 0 aromatic carbocycles. The fraction of sp³-hybridized carbons (Fsp3) is 0.917. The van der Waals surface area contributed by atoms with Crippen LogP contribution in [0.3, 0.4) is 0 Å². The number of hydrogen-bond donors (Lipinski definition) is 2. The maximum Gasteiger partial charge on any atom is 0.457 e. The highest BCUT2D eigenvalue weighted by molar-refractivity contribution is 6.45. The zero-order chi connectivity index (χ0) is 24.1. The van der Waals surface area contributed by atoms with E-state index >= 15 is 0 Å². The second kappa shape index (κ2) is 8.59. The van der Waals surface area contributed by atoms with Crippen LogP contribution >= 0.6 is 0 Å². The van der Waals surface area contributed by atoms with Crippen molar-refractivity contribution in [1.82, 2.24) is 15.5 Å². The number of likely N-dealkylation sites (tertiary alicyclic amines) is 1. The van der Waals surface area contributed by atoms with Crippen LogP contribution in [0, 0.1) is 17.8 Å². The molecule has 2 aliphatic heterocycles. The van der Waals surface area contributed by atoms with Crippen molar-refractivity contribution < 1.29 is 18.9 Å². The Labute approximate surface area is 194 Å². The van der Waals surface area contributed by atoms with Gasteiger partial charge in [0, 0.05) is 25.6 Å². The third kappa shape index (κ3) is 5.02. The molecule has 2 N–H and O–H groups in total. The summed E-state index contributed by atoms with van der Waals surface area (Å²) in [7, 11) is 1.91. The monoisotopic (exact) mass is 449 g/mol. The summed E-state index contributed by atoms with van der Waals surface area (Å²) in [6.07, 6.45) is 3.23. The van der Waals surface area contributed by atoms with Crippen LogP contribution in [0.1, 0.15) is 74.7 Å². The summed E-state index contributed by atoms with van der Waals surface area (Å²) in [4.78, 5) is 28.3. The molecule has 0 aromatic rings. The van der Waals surface area contributed by atoms with Crippen molar-refractivity contribution in [2.45, 2.75) is 103 Å². The van der Waals surface area contributed by atoms with Gasteiger partial charge in [-0.15, -0.1) is 0 Å². The van der Waals surface area contributed by atoms with Crippen LogP contribution in [-0.4, -0.2) is 66.2 Å². The highest BCUT2D eigenvalue weighted by Crippen LogP contribution is 2.50. The lowest BCUT2D eigenvalue weighted by molar-refractivity contribution is -0.136. The zero-order valence-corrected chi connectivity index (χ0v) is 21.6. The first-order valence-corrected chi connectivity index (χ1v) is 12.2. The molecule has 8 heteroatoms. The van der Waals surface area contributed by atoms with E-state index in [1.165, 1.54) is 6.92 Å². The third-order valence-corrected chi connectivity index (χ3v) is 7.96. The van der Waals surface area contributed by atoms with Crippen molar-refractivity contribution in [3.8, 4) is 0 Å². The van der Waals surface area contributed by atoms with Gasteiger partial charge in [0.05, 0.1) is 11.2 Å². The van der Waals surface area contributed by atoms with E-state index in [9.17, 15) is 9.59 Å². The van der Waals surface area contributed by atoms with Crippen molar-refractivity contribution in [2.75, 3.05) is 20.1 Å². The average molecular weight is 449 g/mol. The van der Waals surface area contributed by atoms with Crippen LogP contribution in [0.2, 0.25) is 6.32 Å². The van der Waals surface area contributed by atoms with Crippen LogP contribution < -0.4 is 10.6 Å². The van der Waals surface area contributed by atoms with Gasteiger partial charge in [0.15, 0.2) is 0 Å². The number of carbonyl (C=O) groups excluding carboxylic acids is 2. The highest BCUT2D eigenvalue weighted by atomic mass is 16.7. The predicted octanol–water partition coefficient (Wildman–Crippen LogP) is 2.85. The summed E-state index contributed by atoms with van der Waals surface area (Å²) in [5, 5.41) is 6.32. The van der Waals surface area contributed by atoms with Gasteiger partial charge in [-0.05, 0) is 92.4 Å². The number of amides is 2. The quantitative estimate of drug-likeness (QED) is 0.610. The van der Waals surface area contributed by atoms with Crippen LogP contribution in [0.15, 0.2) is 0 Å². The second-order valence-electron chi connectivity index (χ2n) is 12.4. The Bertz CT molecular complexity index is 719. The van der Waals surface area contributed by atoms with Crippen molar-refractivity contribution in [1.29, 1.82) is 0 Å². The lowest BCUT2D eigenvalue weighted by Crippen LogP contribution is -2.64. The topological polar surface area (TPSA) is 79.9 Å². The van der Waals surface area contributed by atoms with E-state index in [0.717, 1.165) is 32.3 Å². The summed E-state index contributed by atoms with van der Waals surface area (Å²) in [5.41, 5.74) is -1.89. The van der Waals surface area contributed by atoms with Crippen LogP contribution in [0.25, 0.3) is 0 Å². The molecule has 0 spiro atoms. The Morgan fingerprint density at radius 1 is 1.09 bits per heavy atom. The summed E-state index contributed by atoms with van der Waals surface area (Å²) < 4.78 is 12.4. The van der Waals surface area contributed by atoms with Crippen LogP contribution in [0.4, 0.5) is 0 Å². The van der Waals surface area contributed by atoms with Gasteiger partial charge in [0.25, 0.3) is 0 Å². The minimum absolute atomic E-state index is 0.0436. The molecule has 0 radical (unpaired) electrons. The zero-order valence-electron chi connectivity index (χ0n) is 21.6. The number of hydrogen-bond acceptors (Lipinski definition) is 5. The molecule has 3 aliphatic rings. The van der Waals surface area contributed by atoms with Gasteiger partial charge < -0.3 is 24.8 Å². The number of carbonyl (C=O) groups is 2. The highest BCUT2D eigenvalue weighted by Gasteiger charge is 2.60. The SMILES string of the molecule is CC(=O)N[C@@]1(C(=O)NC(C)(C)C)C[C@H]2CN(C)C[C@H]2[C@@H]1CCCB1OC(C)(C)C(C)(C)O1. The summed E-state index contributed by atoms with van der Waals surface area (Å²) in [6, 6.07) is 0. The molecule has 3 fully saturated rings. The Kier molecular flexibility index (Phi) is 6.84. The number of nitrogens with zero attached hydrogens (tertiary/aromatic N) is 1. The van der Waals surface area contributed by atoms with E-state index in [4.69, 9.17) is 9.31 Å². The maximum atomic E-state index is 13.6. The first-order valence-electron chi connectivity index (χ1n) is 12.2. The van der Waals surface area contributed by atoms with Gasteiger partial charge in [-0.25, -0.2) is 0 Å². The molecule has 1 saturated carbocycles. The minimum Gasteiger partial charge on any atom is -0.403 e. The van der Waals surface area contributed by atoms with Crippen molar-refractivity contribution in [2.24, 2.45) is 17.8 Å². The van der Waals surface area contributed by atoms with Gasteiger partial charge in [-0.3, -0.25) is 9.59 Å². The predicted molar refractivity (Wildman–Crippen MR) is 127 cm³/mol. The van der Waals surface area contributed by atoms with E-state index in [1.807, 2.05) is 20.8 Å². The van der Waals surface area contributed by atoms with Gasteiger partial charge in [0.2, 0.25) is 11.8 Å². The molecule has 3 rings (SSSR count). The number of nitrogens with one attached hydrogen (secondary N) is 2. The summed E-state index contributed by atoms with van der Waals surface area (Å²) in [5.74, 6) is 0.720. The average Bonchev–Trinajstić information content (AvgIpc) is 3.13.